The average molecular weight is 258 g/mol. The fourth-order valence-electron chi connectivity index (χ4n) is 2.33. The Morgan fingerprint density at radius 2 is 2.22 bits per heavy atom. The van der Waals surface area contributed by atoms with Crippen molar-refractivity contribution in [2.24, 2.45) is 0 Å². The summed E-state index contributed by atoms with van der Waals surface area (Å²) in [6.45, 7) is 1.55. The van der Waals surface area contributed by atoms with Crippen LogP contribution in [0.2, 0.25) is 0 Å². The molecular weight excluding hydrogens is 244 g/mol. The summed E-state index contributed by atoms with van der Waals surface area (Å²) in [5.74, 6) is 2.02. The molecule has 2 heterocycles. The zero-order valence-corrected chi connectivity index (χ0v) is 11.0. The molecule has 1 aliphatic heterocycles. The maximum absolute atomic E-state index is 11.4. The molecule has 0 radical (unpaired) electrons. The first-order valence-electron chi connectivity index (χ1n) is 6.01. The molecule has 0 spiro atoms. The van der Waals surface area contributed by atoms with Crippen molar-refractivity contribution in [1.29, 1.82) is 0 Å². The maximum Gasteiger partial charge on any atom is 0.221 e. The number of fused-ring (bicyclic) bond motifs is 2. The van der Waals surface area contributed by atoms with E-state index in [9.17, 15) is 4.79 Å². The van der Waals surface area contributed by atoms with Crippen LogP contribution < -0.4 is 5.32 Å². The van der Waals surface area contributed by atoms with Crippen molar-refractivity contribution >= 4 is 34.3 Å². The van der Waals surface area contributed by atoms with Crippen molar-refractivity contribution in [3.05, 3.63) is 35.5 Å². The second-order valence-electron chi connectivity index (χ2n) is 4.41. The predicted octanol–water partition coefficient (Wildman–Crippen LogP) is 2.98. The molecular formula is C14H14N2OS. The number of aromatic nitrogens is 1. The molecule has 1 aromatic carbocycles. The van der Waals surface area contributed by atoms with Crippen LogP contribution in [-0.4, -0.2) is 16.6 Å². The number of nitrogens with zero attached hydrogens (tertiary/aromatic N) is 1. The van der Waals surface area contributed by atoms with Crippen LogP contribution in [0.4, 0.5) is 5.69 Å². The number of pyridine rings is 1. The molecule has 18 heavy (non-hydrogen) atoms. The SMILES string of the molecule is CC(=O)Nc1c2c(nc3ccccc13)CCSC2. The summed E-state index contributed by atoms with van der Waals surface area (Å²) < 4.78 is 0. The zero-order valence-electron chi connectivity index (χ0n) is 10.2. The van der Waals surface area contributed by atoms with Gasteiger partial charge in [0.15, 0.2) is 0 Å². The van der Waals surface area contributed by atoms with Crippen molar-refractivity contribution in [3.63, 3.8) is 0 Å². The van der Waals surface area contributed by atoms with Gasteiger partial charge in [0, 0.05) is 29.3 Å². The summed E-state index contributed by atoms with van der Waals surface area (Å²) in [5.41, 5.74) is 4.25. The third-order valence-corrected chi connectivity index (χ3v) is 4.10. The molecule has 92 valence electrons. The van der Waals surface area contributed by atoms with Crippen LogP contribution >= 0.6 is 11.8 Å². The number of aryl methyl sites for hydroxylation is 1. The number of amides is 1. The highest BCUT2D eigenvalue weighted by Crippen LogP contribution is 2.34. The largest absolute Gasteiger partial charge is 0.325 e. The Balaban J connectivity index is 2.28. The van der Waals surface area contributed by atoms with Crippen LogP contribution in [0.25, 0.3) is 10.9 Å². The summed E-state index contributed by atoms with van der Waals surface area (Å²) >= 11 is 1.90. The number of hydrogen-bond donors (Lipinski definition) is 1. The molecule has 0 atom stereocenters. The van der Waals surface area contributed by atoms with Gasteiger partial charge in [-0.15, -0.1) is 0 Å². The van der Waals surface area contributed by atoms with Crippen LogP contribution in [0.3, 0.4) is 0 Å². The summed E-state index contributed by atoms with van der Waals surface area (Å²) in [6.07, 6.45) is 0.984. The van der Waals surface area contributed by atoms with E-state index in [0.717, 1.165) is 40.2 Å². The first-order chi connectivity index (χ1) is 8.75. The fraction of sp³-hybridized carbons (Fsp3) is 0.286. The fourth-order valence-corrected chi connectivity index (χ4v) is 3.32. The number of benzene rings is 1. The number of para-hydroxylation sites is 1. The van der Waals surface area contributed by atoms with Crippen LogP contribution in [0.1, 0.15) is 18.2 Å². The van der Waals surface area contributed by atoms with Crippen LogP contribution in [0.5, 0.6) is 0 Å². The van der Waals surface area contributed by atoms with Crippen LogP contribution in [0, 0.1) is 0 Å². The predicted molar refractivity (Wildman–Crippen MR) is 75.9 cm³/mol. The van der Waals surface area contributed by atoms with Gasteiger partial charge >= 0.3 is 0 Å². The van der Waals surface area contributed by atoms with Crippen molar-refractivity contribution in [3.8, 4) is 0 Å². The van der Waals surface area contributed by atoms with Gasteiger partial charge in [-0.1, -0.05) is 18.2 Å². The highest BCUT2D eigenvalue weighted by atomic mass is 32.2. The third kappa shape index (κ3) is 1.97. The minimum atomic E-state index is -0.0240. The smallest absolute Gasteiger partial charge is 0.221 e. The minimum Gasteiger partial charge on any atom is -0.325 e. The number of carbonyl (C=O) groups is 1. The van der Waals surface area contributed by atoms with Gasteiger partial charge in [0.1, 0.15) is 0 Å². The van der Waals surface area contributed by atoms with Crippen molar-refractivity contribution < 1.29 is 4.79 Å². The van der Waals surface area contributed by atoms with Gasteiger partial charge in [-0.3, -0.25) is 9.78 Å². The molecule has 3 nitrogen and oxygen atoms in total. The van der Waals surface area contributed by atoms with Crippen LogP contribution in [0.15, 0.2) is 24.3 Å². The number of anilines is 1. The van der Waals surface area contributed by atoms with E-state index in [1.165, 1.54) is 5.56 Å². The topological polar surface area (TPSA) is 42.0 Å². The lowest BCUT2D eigenvalue weighted by molar-refractivity contribution is -0.114. The molecule has 0 bridgehead atoms. The van der Waals surface area contributed by atoms with E-state index in [-0.39, 0.29) is 5.91 Å². The second-order valence-corrected chi connectivity index (χ2v) is 5.52. The third-order valence-electron chi connectivity index (χ3n) is 3.11. The number of hydrogen-bond acceptors (Lipinski definition) is 3. The number of carbonyl (C=O) groups excluding carboxylic acids is 1. The van der Waals surface area contributed by atoms with Gasteiger partial charge in [0.25, 0.3) is 0 Å². The lowest BCUT2D eigenvalue weighted by Crippen LogP contribution is -2.14. The Morgan fingerprint density at radius 3 is 3.06 bits per heavy atom. The Kier molecular flexibility index (Phi) is 2.96. The van der Waals surface area contributed by atoms with Gasteiger partial charge < -0.3 is 5.32 Å². The molecule has 1 amide bonds. The monoisotopic (exact) mass is 258 g/mol. The van der Waals surface area contributed by atoms with Gasteiger partial charge in [0.05, 0.1) is 11.2 Å². The maximum atomic E-state index is 11.4. The molecule has 0 saturated heterocycles. The van der Waals surface area contributed by atoms with E-state index in [2.05, 4.69) is 5.32 Å². The molecule has 0 fully saturated rings. The molecule has 0 saturated carbocycles. The number of nitrogens with one attached hydrogen (secondary N) is 1. The molecule has 0 aliphatic carbocycles. The van der Waals surface area contributed by atoms with E-state index in [1.807, 2.05) is 36.0 Å². The summed E-state index contributed by atoms with van der Waals surface area (Å²) in [7, 11) is 0. The lowest BCUT2D eigenvalue weighted by atomic mass is 10.0. The molecule has 1 aliphatic rings. The van der Waals surface area contributed by atoms with Crippen molar-refractivity contribution in [2.75, 3.05) is 11.1 Å². The molecule has 1 aromatic heterocycles. The Bertz CT molecular complexity index is 624. The second kappa shape index (κ2) is 4.61. The van der Waals surface area contributed by atoms with E-state index in [4.69, 9.17) is 4.98 Å². The summed E-state index contributed by atoms with van der Waals surface area (Å²) in [5, 5.41) is 4.02. The minimum absolute atomic E-state index is 0.0240. The van der Waals surface area contributed by atoms with Gasteiger partial charge in [-0.25, -0.2) is 0 Å². The van der Waals surface area contributed by atoms with Crippen LogP contribution in [-0.2, 0) is 17.0 Å². The quantitative estimate of drug-likeness (QED) is 0.855. The van der Waals surface area contributed by atoms with E-state index in [1.54, 1.807) is 6.92 Å². The first kappa shape index (κ1) is 11.5. The molecule has 1 N–H and O–H groups in total. The Morgan fingerprint density at radius 1 is 1.39 bits per heavy atom. The highest BCUT2D eigenvalue weighted by Gasteiger charge is 2.18. The number of rotatable bonds is 1. The first-order valence-corrected chi connectivity index (χ1v) is 7.17. The Hall–Kier alpha value is -1.55. The summed E-state index contributed by atoms with van der Waals surface area (Å²) in [6, 6.07) is 7.99. The van der Waals surface area contributed by atoms with Gasteiger partial charge in [-0.2, -0.15) is 11.8 Å². The molecule has 3 rings (SSSR count). The lowest BCUT2D eigenvalue weighted by Gasteiger charge is -2.20. The van der Waals surface area contributed by atoms with E-state index < -0.39 is 0 Å². The highest BCUT2D eigenvalue weighted by molar-refractivity contribution is 7.98. The van der Waals surface area contributed by atoms with Gasteiger partial charge in [0.2, 0.25) is 5.91 Å². The molecule has 0 unspecified atom stereocenters. The number of thioether (sulfide) groups is 1. The van der Waals surface area contributed by atoms with E-state index >= 15 is 0 Å². The molecule has 2 aromatic rings. The average Bonchev–Trinajstić information content (AvgIpc) is 2.38. The Labute approximate surface area is 110 Å². The normalized spacial score (nSPS) is 14.3. The van der Waals surface area contributed by atoms with Crippen molar-refractivity contribution in [1.82, 2.24) is 4.98 Å². The summed E-state index contributed by atoms with van der Waals surface area (Å²) in [4.78, 5) is 16.1. The molecule has 4 heteroatoms. The zero-order chi connectivity index (χ0) is 12.5. The van der Waals surface area contributed by atoms with E-state index in [0.29, 0.717) is 0 Å². The van der Waals surface area contributed by atoms with Crippen molar-refractivity contribution in [2.45, 2.75) is 19.1 Å². The standard InChI is InChI=1S/C14H14N2OS/c1-9(17)15-14-10-4-2-3-5-12(10)16-13-6-7-18-8-11(13)14/h2-5H,6-8H2,1H3,(H,15,16,17). The van der Waals surface area contributed by atoms with Gasteiger partial charge in [-0.05, 0) is 18.2 Å².